The van der Waals surface area contributed by atoms with Crippen LogP contribution in [-0.2, 0) is 0 Å². The maximum absolute atomic E-state index is 12.5. The second kappa shape index (κ2) is 5.21. The van der Waals surface area contributed by atoms with Gasteiger partial charge in [0.1, 0.15) is 5.82 Å². The van der Waals surface area contributed by atoms with Gasteiger partial charge in [-0.3, -0.25) is 0 Å². The molecule has 0 saturated heterocycles. The van der Waals surface area contributed by atoms with Crippen LogP contribution in [0.1, 0.15) is 12.0 Å². The Hall–Kier alpha value is -1.59. The molecule has 0 aromatic heterocycles. The van der Waals surface area contributed by atoms with Gasteiger partial charge in [0, 0.05) is 18.6 Å². The zero-order valence-electron chi connectivity index (χ0n) is 7.76. The Bertz CT molecular complexity index is 368. The van der Waals surface area contributed by atoms with Crippen LogP contribution in [0.5, 0.6) is 0 Å². The van der Waals surface area contributed by atoms with E-state index in [1.54, 1.807) is 12.1 Å². The van der Waals surface area contributed by atoms with E-state index in [1.165, 1.54) is 12.1 Å². The summed E-state index contributed by atoms with van der Waals surface area (Å²) in [5, 5.41) is 8.59. The molecule has 0 unspecified atom stereocenters. The molecule has 1 aromatic carbocycles. The SMILES string of the molecule is C=C(C#Cc1ccc(F)cc1)CCO. The molecule has 0 saturated carbocycles. The van der Waals surface area contributed by atoms with Crippen molar-refractivity contribution >= 4 is 0 Å². The molecular weight excluding hydrogens is 179 g/mol. The number of hydrogen-bond acceptors (Lipinski definition) is 1. The minimum absolute atomic E-state index is 0.0525. The van der Waals surface area contributed by atoms with Crippen LogP contribution in [0.2, 0.25) is 0 Å². The second-order valence-corrected chi connectivity index (χ2v) is 2.83. The Morgan fingerprint density at radius 3 is 2.57 bits per heavy atom. The molecule has 0 fully saturated rings. The van der Waals surface area contributed by atoms with E-state index >= 15 is 0 Å². The van der Waals surface area contributed by atoms with Crippen molar-refractivity contribution in [2.75, 3.05) is 6.61 Å². The molecule has 2 heteroatoms. The Labute approximate surface area is 82.9 Å². The standard InChI is InChI=1S/C12H11FO/c1-10(8-9-14)2-3-11-4-6-12(13)7-5-11/h4-7,14H,1,8-9H2. The third kappa shape index (κ3) is 3.42. The number of hydrogen-bond donors (Lipinski definition) is 1. The third-order valence-corrected chi connectivity index (χ3v) is 1.64. The van der Waals surface area contributed by atoms with Crippen molar-refractivity contribution in [1.82, 2.24) is 0 Å². The molecule has 1 nitrogen and oxygen atoms in total. The number of aliphatic hydroxyl groups excluding tert-OH is 1. The highest BCUT2D eigenvalue weighted by atomic mass is 19.1. The van der Waals surface area contributed by atoms with Crippen LogP contribution < -0.4 is 0 Å². The summed E-state index contributed by atoms with van der Waals surface area (Å²) in [5.41, 5.74) is 1.42. The van der Waals surface area contributed by atoms with Crippen molar-refractivity contribution in [3.05, 3.63) is 47.8 Å². The first kappa shape index (κ1) is 10.5. The van der Waals surface area contributed by atoms with E-state index in [0.29, 0.717) is 12.0 Å². The predicted octanol–water partition coefficient (Wildman–Crippen LogP) is 2.12. The molecule has 0 bridgehead atoms. The summed E-state index contributed by atoms with van der Waals surface area (Å²) in [6, 6.07) is 5.93. The fourth-order valence-electron chi connectivity index (χ4n) is 0.891. The van der Waals surface area contributed by atoms with Crippen LogP contribution in [0, 0.1) is 17.7 Å². The van der Waals surface area contributed by atoms with Crippen molar-refractivity contribution in [1.29, 1.82) is 0 Å². The van der Waals surface area contributed by atoms with Crippen LogP contribution in [0.25, 0.3) is 0 Å². The van der Waals surface area contributed by atoms with E-state index in [9.17, 15) is 4.39 Å². The molecule has 72 valence electrons. The first-order valence-corrected chi connectivity index (χ1v) is 4.28. The molecule has 14 heavy (non-hydrogen) atoms. The molecule has 1 N–H and O–H groups in total. The van der Waals surface area contributed by atoms with Crippen molar-refractivity contribution in [3.8, 4) is 11.8 Å². The van der Waals surface area contributed by atoms with E-state index in [0.717, 1.165) is 5.56 Å². The number of aliphatic hydroxyl groups is 1. The van der Waals surface area contributed by atoms with Crippen molar-refractivity contribution in [2.24, 2.45) is 0 Å². The molecule has 0 aliphatic heterocycles. The Kier molecular flexibility index (Phi) is 3.90. The fraction of sp³-hybridized carbons (Fsp3) is 0.167. The number of benzene rings is 1. The summed E-state index contributed by atoms with van der Waals surface area (Å²) in [4.78, 5) is 0. The lowest BCUT2D eigenvalue weighted by atomic mass is 10.2. The van der Waals surface area contributed by atoms with Crippen LogP contribution >= 0.6 is 0 Å². The van der Waals surface area contributed by atoms with Crippen molar-refractivity contribution in [2.45, 2.75) is 6.42 Å². The summed E-state index contributed by atoms with van der Waals surface area (Å²) >= 11 is 0. The first-order valence-electron chi connectivity index (χ1n) is 4.28. The summed E-state index contributed by atoms with van der Waals surface area (Å²) in [5.74, 6) is 5.35. The Morgan fingerprint density at radius 1 is 1.36 bits per heavy atom. The Morgan fingerprint density at radius 2 is 2.00 bits per heavy atom. The van der Waals surface area contributed by atoms with Crippen LogP contribution in [0.15, 0.2) is 36.4 Å². The second-order valence-electron chi connectivity index (χ2n) is 2.83. The van der Waals surface area contributed by atoms with E-state index in [1.807, 2.05) is 0 Å². The molecule has 0 radical (unpaired) electrons. The van der Waals surface area contributed by atoms with Gasteiger partial charge in [0.2, 0.25) is 0 Å². The van der Waals surface area contributed by atoms with Gasteiger partial charge in [0.15, 0.2) is 0 Å². The number of halogens is 1. The minimum Gasteiger partial charge on any atom is -0.396 e. The van der Waals surface area contributed by atoms with Gasteiger partial charge in [0.25, 0.3) is 0 Å². The van der Waals surface area contributed by atoms with Gasteiger partial charge in [-0.15, -0.1) is 0 Å². The van der Waals surface area contributed by atoms with Gasteiger partial charge >= 0.3 is 0 Å². The van der Waals surface area contributed by atoms with Gasteiger partial charge in [-0.2, -0.15) is 0 Å². The molecule has 1 aromatic rings. The number of rotatable bonds is 2. The molecule has 0 aliphatic carbocycles. The zero-order valence-corrected chi connectivity index (χ0v) is 7.76. The first-order chi connectivity index (χ1) is 6.72. The average Bonchev–Trinajstić information content (AvgIpc) is 2.17. The summed E-state index contributed by atoms with van der Waals surface area (Å²) in [6.45, 7) is 3.72. The van der Waals surface area contributed by atoms with Gasteiger partial charge in [-0.25, -0.2) is 4.39 Å². The molecule has 0 atom stereocenters. The lowest BCUT2D eigenvalue weighted by molar-refractivity contribution is 0.301. The molecule has 0 heterocycles. The average molecular weight is 190 g/mol. The van der Waals surface area contributed by atoms with E-state index in [4.69, 9.17) is 5.11 Å². The predicted molar refractivity (Wildman–Crippen MR) is 54.1 cm³/mol. The summed E-state index contributed by atoms with van der Waals surface area (Å²) in [6.07, 6.45) is 0.480. The minimum atomic E-state index is -0.273. The largest absolute Gasteiger partial charge is 0.396 e. The lowest BCUT2D eigenvalue weighted by Gasteiger charge is -1.91. The molecule has 1 rings (SSSR count). The topological polar surface area (TPSA) is 20.2 Å². The van der Waals surface area contributed by atoms with Gasteiger partial charge in [-0.05, 0) is 29.8 Å². The van der Waals surface area contributed by atoms with E-state index in [-0.39, 0.29) is 12.4 Å². The van der Waals surface area contributed by atoms with E-state index in [2.05, 4.69) is 18.4 Å². The monoisotopic (exact) mass is 190 g/mol. The molecule has 0 amide bonds. The normalized spacial score (nSPS) is 9.00. The smallest absolute Gasteiger partial charge is 0.123 e. The zero-order chi connectivity index (χ0) is 10.4. The third-order valence-electron chi connectivity index (χ3n) is 1.64. The highest BCUT2D eigenvalue weighted by Crippen LogP contribution is 2.01. The van der Waals surface area contributed by atoms with Crippen molar-refractivity contribution < 1.29 is 9.50 Å². The highest BCUT2D eigenvalue weighted by molar-refractivity contribution is 5.39. The van der Waals surface area contributed by atoms with Crippen LogP contribution in [0.4, 0.5) is 4.39 Å². The quantitative estimate of drug-likeness (QED) is 0.708. The van der Waals surface area contributed by atoms with Crippen molar-refractivity contribution in [3.63, 3.8) is 0 Å². The van der Waals surface area contributed by atoms with E-state index < -0.39 is 0 Å². The Balaban J connectivity index is 2.68. The lowest BCUT2D eigenvalue weighted by Crippen LogP contribution is -1.83. The maximum atomic E-state index is 12.5. The van der Waals surface area contributed by atoms with Gasteiger partial charge < -0.3 is 5.11 Å². The maximum Gasteiger partial charge on any atom is 0.123 e. The highest BCUT2D eigenvalue weighted by Gasteiger charge is 1.89. The van der Waals surface area contributed by atoms with Gasteiger partial charge in [0.05, 0.1) is 0 Å². The molecule has 0 spiro atoms. The van der Waals surface area contributed by atoms with Crippen LogP contribution in [0.3, 0.4) is 0 Å². The van der Waals surface area contributed by atoms with Crippen LogP contribution in [-0.4, -0.2) is 11.7 Å². The molecular formula is C12H11FO. The molecule has 0 aliphatic rings. The summed E-state index contributed by atoms with van der Waals surface area (Å²) in [7, 11) is 0. The van der Waals surface area contributed by atoms with Gasteiger partial charge in [-0.1, -0.05) is 18.4 Å². The fourth-order valence-corrected chi connectivity index (χ4v) is 0.891. The summed E-state index contributed by atoms with van der Waals surface area (Å²) < 4.78 is 12.5.